The predicted molar refractivity (Wildman–Crippen MR) is 87.9 cm³/mol. The van der Waals surface area contributed by atoms with Gasteiger partial charge < -0.3 is 15.0 Å². The molecule has 3 heteroatoms. The van der Waals surface area contributed by atoms with Crippen LogP contribution in [0.5, 0.6) is 0 Å². The third kappa shape index (κ3) is 3.58. The summed E-state index contributed by atoms with van der Waals surface area (Å²) in [6, 6.07) is 7.61. The van der Waals surface area contributed by atoms with E-state index in [-0.39, 0.29) is 5.60 Å². The first-order chi connectivity index (χ1) is 10.1. The van der Waals surface area contributed by atoms with E-state index in [1.165, 1.54) is 36.1 Å². The second-order valence-electron chi connectivity index (χ2n) is 6.97. The number of nitrogens with one attached hydrogen (secondary N) is 1. The van der Waals surface area contributed by atoms with E-state index in [1.54, 1.807) is 0 Å². The van der Waals surface area contributed by atoms with Crippen LogP contribution in [0.1, 0.15) is 43.7 Å². The molecule has 0 bridgehead atoms. The van der Waals surface area contributed by atoms with Gasteiger partial charge in [-0.1, -0.05) is 17.7 Å². The number of benzene rings is 1. The van der Waals surface area contributed by atoms with Crippen LogP contribution in [0.15, 0.2) is 18.2 Å². The quantitative estimate of drug-likeness (QED) is 0.900. The Bertz CT molecular complexity index is 498. The van der Waals surface area contributed by atoms with Gasteiger partial charge in [0, 0.05) is 38.5 Å². The Morgan fingerprint density at radius 3 is 2.90 bits per heavy atom. The lowest BCUT2D eigenvalue weighted by atomic mass is 9.93. The molecule has 1 aliphatic heterocycles. The molecule has 1 saturated carbocycles. The normalized spacial score (nSPS) is 26.1. The first-order valence-corrected chi connectivity index (χ1v) is 8.23. The van der Waals surface area contributed by atoms with Crippen molar-refractivity contribution in [3.63, 3.8) is 0 Å². The van der Waals surface area contributed by atoms with E-state index in [2.05, 4.69) is 42.3 Å². The molecule has 1 saturated heterocycles. The van der Waals surface area contributed by atoms with E-state index < -0.39 is 0 Å². The molecule has 1 aliphatic carbocycles. The van der Waals surface area contributed by atoms with Crippen molar-refractivity contribution in [2.45, 2.75) is 57.7 Å². The van der Waals surface area contributed by atoms with Crippen molar-refractivity contribution < 1.29 is 4.74 Å². The molecule has 1 heterocycles. The number of methoxy groups -OCH3 is 1. The lowest BCUT2D eigenvalue weighted by molar-refractivity contribution is -0.00468. The maximum Gasteiger partial charge on any atom is 0.0825 e. The van der Waals surface area contributed by atoms with Crippen LogP contribution in [0.2, 0.25) is 0 Å². The molecular formula is C18H28N2O. The predicted octanol–water partition coefficient (Wildman–Crippen LogP) is 3.25. The lowest BCUT2D eigenvalue weighted by Gasteiger charge is -2.41. The van der Waals surface area contributed by atoms with Crippen LogP contribution in [0.3, 0.4) is 0 Å². The Morgan fingerprint density at radius 1 is 1.38 bits per heavy atom. The van der Waals surface area contributed by atoms with Crippen molar-refractivity contribution >= 4 is 5.69 Å². The van der Waals surface area contributed by atoms with Crippen molar-refractivity contribution in [3.05, 3.63) is 29.3 Å². The highest BCUT2D eigenvalue weighted by Crippen LogP contribution is 2.31. The molecule has 1 aromatic carbocycles. The summed E-state index contributed by atoms with van der Waals surface area (Å²) in [6.07, 6.45) is 5.04. The molecule has 2 fully saturated rings. The number of ether oxygens (including phenoxy) is 1. The molecule has 3 nitrogen and oxygen atoms in total. The molecule has 1 unspecified atom stereocenters. The van der Waals surface area contributed by atoms with E-state index in [1.807, 2.05) is 7.11 Å². The monoisotopic (exact) mass is 288 g/mol. The molecule has 2 aliphatic rings. The minimum absolute atomic E-state index is 0.00960. The highest BCUT2D eigenvalue weighted by atomic mass is 16.5. The minimum atomic E-state index is -0.00960. The van der Waals surface area contributed by atoms with Crippen LogP contribution < -0.4 is 10.2 Å². The molecule has 21 heavy (non-hydrogen) atoms. The molecule has 0 amide bonds. The summed E-state index contributed by atoms with van der Waals surface area (Å²) in [4.78, 5) is 2.51. The molecule has 0 spiro atoms. The van der Waals surface area contributed by atoms with Gasteiger partial charge >= 0.3 is 0 Å². The summed E-state index contributed by atoms with van der Waals surface area (Å²) in [6.45, 7) is 7.53. The number of anilines is 1. The first-order valence-electron chi connectivity index (χ1n) is 8.23. The summed E-state index contributed by atoms with van der Waals surface area (Å²) >= 11 is 0. The number of rotatable bonds is 5. The van der Waals surface area contributed by atoms with Crippen LogP contribution >= 0.6 is 0 Å². The zero-order valence-electron chi connectivity index (χ0n) is 13.6. The Morgan fingerprint density at radius 2 is 2.19 bits per heavy atom. The zero-order chi connectivity index (χ0) is 14.9. The second-order valence-corrected chi connectivity index (χ2v) is 6.97. The van der Waals surface area contributed by atoms with E-state index in [0.29, 0.717) is 0 Å². The van der Waals surface area contributed by atoms with Gasteiger partial charge in [0.1, 0.15) is 0 Å². The van der Waals surface area contributed by atoms with Gasteiger partial charge in [0.05, 0.1) is 5.60 Å². The number of hydrogen-bond acceptors (Lipinski definition) is 3. The van der Waals surface area contributed by atoms with Crippen LogP contribution in [0.4, 0.5) is 5.69 Å². The average molecular weight is 288 g/mol. The van der Waals surface area contributed by atoms with Crippen LogP contribution in [0.25, 0.3) is 0 Å². The maximum atomic E-state index is 5.74. The molecule has 0 radical (unpaired) electrons. The molecule has 116 valence electrons. The van der Waals surface area contributed by atoms with E-state index in [4.69, 9.17) is 4.74 Å². The van der Waals surface area contributed by atoms with Crippen molar-refractivity contribution in [3.8, 4) is 0 Å². The van der Waals surface area contributed by atoms with Gasteiger partial charge in [0.2, 0.25) is 0 Å². The van der Waals surface area contributed by atoms with Gasteiger partial charge in [0.15, 0.2) is 0 Å². The summed E-state index contributed by atoms with van der Waals surface area (Å²) < 4.78 is 5.74. The van der Waals surface area contributed by atoms with Gasteiger partial charge in [-0.2, -0.15) is 0 Å². The highest BCUT2D eigenvalue weighted by molar-refractivity contribution is 5.55. The minimum Gasteiger partial charge on any atom is -0.377 e. The molecule has 0 aromatic heterocycles. The van der Waals surface area contributed by atoms with Gasteiger partial charge in [-0.15, -0.1) is 0 Å². The molecule has 3 rings (SSSR count). The van der Waals surface area contributed by atoms with E-state index >= 15 is 0 Å². The Kier molecular flexibility index (Phi) is 4.23. The molecule has 1 aromatic rings. The summed E-state index contributed by atoms with van der Waals surface area (Å²) in [5, 5.41) is 3.66. The SMILES string of the molecule is COC1(C)CCCN(c2ccc(C)cc2CNC2CC2)C1. The summed E-state index contributed by atoms with van der Waals surface area (Å²) in [7, 11) is 1.84. The fourth-order valence-electron chi connectivity index (χ4n) is 3.28. The Hall–Kier alpha value is -1.06. The van der Waals surface area contributed by atoms with Gasteiger partial charge in [-0.05, 0) is 51.2 Å². The maximum absolute atomic E-state index is 5.74. The summed E-state index contributed by atoms with van der Waals surface area (Å²) in [5.74, 6) is 0. The Balaban J connectivity index is 1.79. The molecular weight excluding hydrogens is 260 g/mol. The Labute approximate surface area is 128 Å². The van der Waals surface area contributed by atoms with Crippen LogP contribution in [-0.4, -0.2) is 31.8 Å². The largest absolute Gasteiger partial charge is 0.377 e. The second kappa shape index (κ2) is 5.98. The third-order valence-electron chi connectivity index (χ3n) is 4.89. The topological polar surface area (TPSA) is 24.5 Å². The van der Waals surface area contributed by atoms with Gasteiger partial charge in [-0.25, -0.2) is 0 Å². The number of aryl methyl sites for hydroxylation is 1. The fraction of sp³-hybridized carbons (Fsp3) is 0.667. The molecule has 1 atom stereocenters. The van der Waals surface area contributed by atoms with E-state index in [0.717, 1.165) is 32.1 Å². The summed E-state index contributed by atoms with van der Waals surface area (Å²) in [5.41, 5.74) is 4.15. The first kappa shape index (κ1) is 14.9. The molecule has 1 N–H and O–H groups in total. The van der Waals surface area contributed by atoms with Crippen LogP contribution in [0, 0.1) is 6.92 Å². The van der Waals surface area contributed by atoms with Crippen molar-refractivity contribution in [1.29, 1.82) is 0 Å². The average Bonchev–Trinajstić information content (AvgIpc) is 3.29. The number of nitrogens with zero attached hydrogens (tertiary/aromatic N) is 1. The van der Waals surface area contributed by atoms with E-state index in [9.17, 15) is 0 Å². The highest BCUT2D eigenvalue weighted by Gasteiger charge is 2.31. The fourth-order valence-corrected chi connectivity index (χ4v) is 3.28. The smallest absolute Gasteiger partial charge is 0.0825 e. The van der Waals surface area contributed by atoms with Crippen molar-refractivity contribution in [1.82, 2.24) is 5.32 Å². The number of hydrogen-bond donors (Lipinski definition) is 1. The van der Waals surface area contributed by atoms with Gasteiger partial charge in [0.25, 0.3) is 0 Å². The number of piperidine rings is 1. The standard InChI is InChI=1S/C18H28N2O/c1-14-5-8-17(15(11-14)12-19-16-6-7-16)20-10-4-9-18(2,13-20)21-3/h5,8,11,16,19H,4,6-7,9-10,12-13H2,1-3H3. The van der Waals surface area contributed by atoms with Crippen LogP contribution in [-0.2, 0) is 11.3 Å². The van der Waals surface area contributed by atoms with Crippen molar-refractivity contribution in [2.24, 2.45) is 0 Å². The van der Waals surface area contributed by atoms with Gasteiger partial charge in [-0.3, -0.25) is 0 Å². The third-order valence-corrected chi connectivity index (χ3v) is 4.89. The zero-order valence-corrected chi connectivity index (χ0v) is 13.6. The van der Waals surface area contributed by atoms with Crippen molar-refractivity contribution in [2.75, 3.05) is 25.1 Å². The lowest BCUT2D eigenvalue weighted by Crippen LogP contribution is -2.47.